The molecule has 1 aromatic carbocycles. The van der Waals surface area contributed by atoms with Gasteiger partial charge in [-0.2, -0.15) is 9.97 Å². The monoisotopic (exact) mass is 468 g/mol. The van der Waals surface area contributed by atoms with Crippen LogP contribution < -0.4 is 10.1 Å². The van der Waals surface area contributed by atoms with Gasteiger partial charge in [0.2, 0.25) is 0 Å². The first-order valence-corrected chi connectivity index (χ1v) is 11.7. The van der Waals surface area contributed by atoms with E-state index in [0.717, 1.165) is 57.8 Å². The maximum Gasteiger partial charge on any atom is 0.337 e. The van der Waals surface area contributed by atoms with Crippen LogP contribution in [0.25, 0.3) is 11.2 Å². The number of ether oxygens (including phenoxy) is 3. The number of fused-ring (bicyclic) bond motifs is 1. The number of nitrogens with zero attached hydrogens (tertiary/aromatic N) is 5. The molecule has 0 spiro atoms. The van der Waals surface area contributed by atoms with Gasteiger partial charge in [-0.1, -0.05) is 25.5 Å². The largest absolute Gasteiger partial charge is 0.465 e. The summed E-state index contributed by atoms with van der Waals surface area (Å²) in [7, 11) is 1.38. The number of hydrogen-bond acceptors (Lipinski definition) is 9. The number of aromatic nitrogens is 4. The smallest absolute Gasteiger partial charge is 0.337 e. The van der Waals surface area contributed by atoms with Crippen LogP contribution in [-0.2, 0) is 16.0 Å². The van der Waals surface area contributed by atoms with Crippen molar-refractivity contribution >= 4 is 23.0 Å². The van der Waals surface area contributed by atoms with Crippen molar-refractivity contribution in [2.75, 3.05) is 58.4 Å². The number of rotatable bonds is 11. The van der Waals surface area contributed by atoms with Crippen LogP contribution in [0, 0.1) is 0 Å². The number of methoxy groups -OCH3 is 1. The molecule has 4 rings (SSSR count). The van der Waals surface area contributed by atoms with Crippen molar-refractivity contribution in [1.29, 1.82) is 0 Å². The molecular weight excluding hydrogens is 436 g/mol. The molecule has 3 heterocycles. The predicted molar refractivity (Wildman–Crippen MR) is 128 cm³/mol. The maximum absolute atomic E-state index is 11.9. The van der Waals surface area contributed by atoms with E-state index in [1.54, 1.807) is 12.4 Å². The highest BCUT2D eigenvalue weighted by Gasteiger charge is 2.16. The molecular formula is C24H32N6O4. The van der Waals surface area contributed by atoms with Gasteiger partial charge in [-0.05, 0) is 24.1 Å². The molecule has 1 aliphatic rings. The van der Waals surface area contributed by atoms with Crippen molar-refractivity contribution in [1.82, 2.24) is 24.4 Å². The van der Waals surface area contributed by atoms with Crippen molar-refractivity contribution < 1.29 is 19.0 Å². The van der Waals surface area contributed by atoms with Crippen molar-refractivity contribution in [2.24, 2.45) is 0 Å². The topological polar surface area (TPSA) is 104 Å². The van der Waals surface area contributed by atoms with Gasteiger partial charge in [-0.15, -0.1) is 0 Å². The van der Waals surface area contributed by atoms with Crippen LogP contribution in [0.2, 0.25) is 0 Å². The average Bonchev–Trinajstić information content (AvgIpc) is 3.27. The molecule has 0 saturated carbocycles. The van der Waals surface area contributed by atoms with Crippen molar-refractivity contribution in [2.45, 2.75) is 26.3 Å². The molecule has 0 unspecified atom stereocenters. The number of nitrogens with one attached hydrogen (secondary N) is 1. The molecule has 10 nitrogen and oxygen atoms in total. The highest BCUT2D eigenvalue weighted by molar-refractivity contribution is 5.89. The summed E-state index contributed by atoms with van der Waals surface area (Å²) in [5, 5.41) is 3.42. The van der Waals surface area contributed by atoms with Gasteiger partial charge in [0.25, 0.3) is 0 Å². The first kappa shape index (κ1) is 23.9. The number of carbonyl (C=O) groups excluding carboxylic acids is 1. The van der Waals surface area contributed by atoms with Crippen molar-refractivity contribution in [3.8, 4) is 6.01 Å². The second-order valence-corrected chi connectivity index (χ2v) is 8.17. The standard InChI is InChI=1S/C24H32N6O4/c1-3-4-12-34-24-27-21(25-8-9-29-10-13-33-14-11-29)20-22(28-24)30(17-26-20)16-18-6-5-7-19(15-18)23(31)32-2/h5-7,15,17H,3-4,8-14,16H2,1-2H3,(H,25,27,28). The Morgan fingerprint density at radius 1 is 1.24 bits per heavy atom. The minimum Gasteiger partial charge on any atom is -0.465 e. The van der Waals surface area contributed by atoms with Crippen LogP contribution in [-0.4, -0.2) is 83.5 Å². The van der Waals surface area contributed by atoms with E-state index < -0.39 is 0 Å². The molecule has 10 heteroatoms. The summed E-state index contributed by atoms with van der Waals surface area (Å²) in [5.74, 6) is 0.296. The molecule has 0 aliphatic carbocycles. The van der Waals surface area contributed by atoms with Crippen LogP contribution in [0.4, 0.5) is 5.82 Å². The van der Waals surface area contributed by atoms with Crippen molar-refractivity contribution in [3.05, 3.63) is 41.7 Å². The molecule has 0 amide bonds. The van der Waals surface area contributed by atoms with Gasteiger partial charge in [0, 0.05) is 26.2 Å². The summed E-state index contributed by atoms with van der Waals surface area (Å²) in [6.45, 7) is 8.21. The number of anilines is 1. The number of unbranched alkanes of at least 4 members (excludes halogenated alkanes) is 1. The normalized spacial score (nSPS) is 14.3. The molecule has 1 fully saturated rings. The van der Waals surface area contributed by atoms with Gasteiger partial charge < -0.3 is 24.1 Å². The van der Waals surface area contributed by atoms with Crippen LogP contribution in [0.1, 0.15) is 35.7 Å². The second-order valence-electron chi connectivity index (χ2n) is 8.17. The van der Waals surface area contributed by atoms with Gasteiger partial charge in [-0.3, -0.25) is 4.90 Å². The zero-order valence-electron chi connectivity index (χ0n) is 19.8. The van der Waals surface area contributed by atoms with Crippen molar-refractivity contribution in [3.63, 3.8) is 0 Å². The van der Waals surface area contributed by atoms with Gasteiger partial charge in [0.1, 0.15) is 0 Å². The summed E-state index contributed by atoms with van der Waals surface area (Å²) < 4.78 is 18.0. The molecule has 34 heavy (non-hydrogen) atoms. The Morgan fingerprint density at radius 2 is 2.09 bits per heavy atom. The highest BCUT2D eigenvalue weighted by atomic mass is 16.5. The summed E-state index contributed by atoms with van der Waals surface area (Å²) in [6.07, 6.45) is 3.70. The third-order valence-corrected chi connectivity index (χ3v) is 5.70. The Morgan fingerprint density at radius 3 is 2.88 bits per heavy atom. The number of imidazole rings is 1. The zero-order valence-corrected chi connectivity index (χ0v) is 19.8. The Hall–Kier alpha value is -3.24. The summed E-state index contributed by atoms with van der Waals surface area (Å²) in [5.41, 5.74) is 2.82. The molecule has 0 atom stereocenters. The minimum atomic E-state index is -0.363. The SMILES string of the molecule is CCCCOc1nc(NCCN2CCOCC2)c2ncn(Cc3cccc(C(=O)OC)c3)c2n1. The molecule has 2 aromatic heterocycles. The number of esters is 1. The second kappa shape index (κ2) is 11.8. The lowest BCUT2D eigenvalue weighted by Gasteiger charge is -2.26. The van der Waals surface area contributed by atoms with Gasteiger partial charge in [0.05, 0.1) is 45.4 Å². The predicted octanol–water partition coefficient (Wildman–Crippen LogP) is 2.58. The Bertz CT molecular complexity index is 1100. The summed E-state index contributed by atoms with van der Waals surface area (Å²) in [4.78, 5) is 28.1. The summed E-state index contributed by atoms with van der Waals surface area (Å²) in [6, 6.07) is 7.69. The van der Waals surface area contributed by atoms with Crippen LogP contribution >= 0.6 is 0 Å². The van der Waals surface area contributed by atoms with E-state index in [9.17, 15) is 4.79 Å². The molecule has 1 aliphatic heterocycles. The van der Waals surface area contributed by atoms with Gasteiger partial charge in [0.15, 0.2) is 17.0 Å². The van der Waals surface area contributed by atoms with E-state index in [2.05, 4.69) is 32.1 Å². The lowest BCUT2D eigenvalue weighted by Crippen LogP contribution is -2.39. The first-order valence-electron chi connectivity index (χ1n) is 11.7. The van der Waals surface area contributed by atoms with E-state index >= 15 is 0 Å². The lowest BCUT2D eigenvalue weighted by atomic mass is 10.1. The number of hydrogen-bond donors (Lipinski definition) is 1. The van der Waals surface area contributed by atoms with E-state index in [-0.39, 0.29) is 5.97 Å². The molecule has 1 saturated heterocycles. The fourth-order valence-corrected chi connectivity index (χ4v) is 3.80. The average molecular weight is 469 g/mol. The lowest BCUT2D eigenvalue weighted by molar-refractivity contribution is 0.0398. The first-order chi connectivity index (χ1) is 16.7. The fourth-order valence-electron chi connectivity index (χ4n) is 3.80. The van der Waals surface area contributed by atoms with E-state index in [1.165, 1.54) is 7.11 Å². The number of morpholine rings is 1. The molecule has 0 bridgehead atoms. The van der Waals surface area contributed by atoms with E-state index in [0.29, 0.717) is 41.7 Å². The Balaban J connectivity index is 1.56. The number of benzene rings is 1. The quantitative estimate of drug-likeness (QED) is 0.336. The molecule has 182 valence electrons. The highest BCUT2D eigenvalue weighted by Crippen LogP contribution is 2.23. The Kier molecular flexibility index (Phi) is 8.26. The number of carbonyl (C=O) groups is 1. The Labute approximate surface area is 199 Å². The van der Waals surface area contributed by atoms with E-state index in [4.69, 9.17) is 14.2 Å². The molecule has 0 radical (unpaired) electrons. The third-order valence-electron chi connectivity index (χ3n) is 5.70. The maximum atomic E-state index is 11.9. The van der Waals surface area contributed by atoms with Gasteiger partial charge >= 0.3 is 12.0 Å². The van der Waals surface area contributed by atoms with E-state index in [1.807, 2.05) is 22.8 Å². The third kappa shape index (κ3) is 6.00. The van der Waals surface area contributed by atoms with Crippen LogP contribution in [0.3, 0.4) is 0 Å². The van der Waals surface area contributed by atoms with Crippen LogP contribution in [0.15, 0.2) is 30.6 Å². The molecule has 3 aromatic rings. The fraction of sp³-hybridized carbons (Fsp3) is 0.500. The zero-order chi connectivity index (χ0) is 23.8. The minimum absolute atomic E-state index is 0.333. The summed E-state index contributed by atoms with van der Waals surface area (Å²) >= 11 is 0. The molecule has 1 N–H and O–H groups in total. The van der Waals surface area contributed by atoms with Gasteiger partial charge in [-0.25, -0.2) is 9.78 Å². The van der Waals surface area contributed by atoms with Crippen LogP contribution in [0.5, 0.6) is 6.01 Å².